The van der Waals surface area contributed by atoms with E-state index in [-0.39, 0.29) is 29.4 Å². The first-order chi connectivity index (χ1) is 22.5. The molecule has 2 aromatic carbocycles. The van der Waals surface area contributed by atoms with Gasteiger partial charge in [-0.05, 0) is 75.4 Å². The van der Waals surface area contributed by atoms with Gasteiger partial charge in [0.15, 0.2) is 5.82 Å². The summed E-state index contributed by atoms with van der Waals surface area (Å²) in [5, 5.41) is 7.36. The van der Waals surface area contributed by atoms with Gasteiger partial charge < -0.3 is 11.1 Å². The minimum Gasteiger partial charge on any atom is -0.382 e. The van der Waals surface area contributed by atoms with Gasteiger partial charge in [0.1, 0.15) is 23.2 Å². The number of nitrogens with two attached hydrogens (primary N) is 1. The van der Waals surface area contributed by atoms with Gasteiger partial charge in [-0.1, -0.05) is 44.2 Å². The molecule has 1 aliphatic rings. The van der Waals surface area contributed by atoms with Crippen molar-refractivity contribution in [2.75, 3.05) is 11.1 Å². The van der Waals surface area contributed by atoms with E-state index in [1.54, 1.807) is 42.5 Å². The first-order valence-electron chi connectivity index (χ1n) is 16.1. The van der Waals surface area contributed by atoms with Crippen LogP contribution in [0.15, 0.2) is 82.8 Å². The molecule has 3 heterocycles. The first-order valence-corrected chi connectivity index (χ1v) is 16.1. The van der Waals surface area contributed by atoms with Gasteiger partial charge in [0.25, 0.3) is 11.5 Å². The third-order valence-electron chi connectivity index (χ3n) is 9.11. The van der Waals surface area contributed by atoms with Crippen LogP contribution in [0, 0.1) is 11.8 Å². The summed E-state index contributed by atoms with van der Waals surface area (Å²) >= 11 is 0. The van der Waals surface area contributed by atoms with Crippen molar-refractivity contribution in [2.24, 2.45) is 11.8 Å². The number of nitrogens with one attached hydrogen (secondary N) is 1. The van der Waals surface area contributed by atoms with Crippen molar-refractivity contribution in [3.63, 3.8) is 0 Å². The van der Waals surface area contributed by atoms with Crippen LogP contribution < -0.4 is 22.3 Å². The fourth-order valence-electron chi connectivity index (χ4n) is 6.58. The van der Waals surface area contributed by atoms with Crippen LogP contribution in [-0.2, 0) is 4.79 Å². The Labute approximate surface area is 272 Å². The fourth-order valence-corrected chi connectivity index (χ4v) is 6.58. The highest BCUT2D eigenvalue weighted by Crippen LogP contribution is 2.41. The number of hydrogen-bond acceptors (Lipinski definition) is 7. The largest absolute Gasteiger partial charge is 0.382 e. The number of carbonyl (C=O) groups excluding carboxylic acids is 2. The summed E-state index contributed by atoms with van der Waals surface area (Å²) in [5.41, 5.74) is 9.34. The minimum atomic E-state index is -0.696. The highest BCUT2D eigenvalue weighted by Gasteiger charge is 2.31. The third-order valence-corrected chi connectivity index (χ3v) is 9.11. The number of aromatic nitrogens is 5. The normalized spacial score (nSPS) is 16.6. The molecule has 1 aliphatic carbocycles. The van der Waals surface area contributed by atoms with E-state index in [4.69, 9.17) is 5.73 Å². The second-order valence-corrected chi connectivity index (χ2v) is 12.8. The number of para-hydroxylation sites is 1. The number of amides is 1. The molecule has 1 fully saturated rings. The van der Waals surface area contributed by atoms with Gasteiger partial charge in [-0.2, -0.15) is 5.10 Å². The summed E-state index contributed by atoms with van der Waals surface area (Å²) in [5.74, 6) is 0.454. The maximum Gasteiger partial charge on any atom is 0.335 e. The molecular formula is C36H39N7O4. The lowest BCUT2D eigenvalue weighted by Gasteiger charge is -2.28. The van der Waals surface area contributed by atoms with Crippen molar-refractivity contribution in [3.8, 4) is 16.8 Å². The van der Waals surface area contributed by atoms with E-state index in [1.807, 2.05) is 44.3 Å². The molecule has 0 aliphatic heterocycles. The zero-order chi connectivity index (χ0) is 33.4. The maximum absolute atomic E-state index is 13.5. The molecular weight excluding hydrogens is 594 g/mol. The Morgan fingerprint density at radius 2 is 1.62 bits per heavy atom. The molecule has 1 saturated carbocycles. The van der Waals surface area contributed by atoms with Gasteiger partial charge >= 0.3 is 5.69 Å². The molecule has 0 saturated heterocycles. The number of hydrogen-bond donors (Lipinski definition) is 2. The number of Topliss-reactive ketones (excluding diaryl/α,β-unsaturated/α-hetero) is 1. The zero-order valence-corrected chi connectivity index (χ0v) is 27.0. The standard InChI is InChI=1S/C36H39N7O4/c1-21(2)32(44)25-12-10-24(11-13-25)30-18-28(31-33(37)38-20-39-43(30)31)23-14-16-26(17-15-23)40-34(45)29-19-41(22(3)4)36(47)42(35(29)46)27-8-6-5-7-9-27/h5-9,14-22,24-25H,10-13H2,1-4H3,(H,40,45)(H2,37,38,39). The Kier molecular flexibility index (Phi) is 8.63. The van der Waals surface area contributed by atoms with Gasteiger partial charge in [-0.3, -0.25) is 19.0 Å². The van der Waals surface area contributed by atoms with Crippen molar-refractivity contribution in [1.29, 1.82) is 0 Å². The molecule has 0 spiro atoms. The van der Waals surface area contributed by atoms with Crippen LogP contribution in [0.1, 0.15) is 81.4 Å². The molecule has 0 bridgehead atoms. The molecule has 11 nitrogen and oxygen atoms in total. The lowest BCUT2D eigenvalue weighted by atomic mass is 9.76. The second kappa shape index (κ2) is 12.8. The second-order valence-electron chi connectivity index (χ2n) is 12.8. The molecule has 6 rings (SSSR count). The van der Waals surface area contributed by atoms with Gasteiger partial charge in [0.05, 0.1) is 5.69 Å². The van der Waals surface area contributed by atoms with E-state index in [9.17, 15) is 19.2 Å². The Bertz CT molecular complexity index is 2070. The number of fused-ring (bicyclic) bond motifs is 1. The lowest BCUT2D eigenvalue weighted by molar-refractivity contribution is -0.126. The number of ketones is 1. The summed E-state index contributed by atoms with van der Waals surface area (Å²) in [6.07, 6.45) is 6.26. The predicted molar refractivity (Wildman–Crippen MR) is 182 cm³/mol. The van der Waals surface area contributed by atoms with E-state index in [1.165, 1.54) is 17.1 Å². The van der Waals surface area contributed by atoms with E-state index in [0.29, 0.717) is 28.5 Å². The van der Waals surface area contributed by atoms with Crippen molar-refractivity contribution >= 4 is 28.7 Å². The molecule has 0 unspecified atom stereocenters. The SMILES string of the molecule is CC(C)C(=O)C1CCC(c2cc(-c3ccc(NC(=O)c4cn(C(C)C)c(=O)n(-c5ccccc5)c4=O)cc3)c3c(N)ncnn23)CC1. The first kappa shape index (κ1) is 31.7. The van der Waals surface area contributed by atoms with Crippen molar-refractivity contribution < 1.29 is 9.59 Å². The smallest absolute Gasteiger partial charge is 0.335 e. The molecule has 11 heteroatoms. The summed E-state index contributed by atoms with van der Waals surface area (Å²) in [6, 6.07) is 17.6. The van der Waals surface area contributed by atoms with Crippen LogP contribution in [0.3, 0.4) is 0 Å². The molecule has 3 N–H and O–H groups in total. The predicted octanol–water partition coefficient (Wildman–Crippen LogP) is 5.62. The van der Waals surface area contributed by atoms with E-state index >= 15 is 0 Å². The number of carbonyl (C=O) groups is 2. The topological polar surface area (TPSA) is 146 Å². The summed E-state index contributed by atoms with van der Waals surface area (Å²) in [4.78, 5) is 57.0. The van der Waals surface area contributed by atoms with Gasteiger partial charge in [0, 0.05) is 46.9 Å². The molecule has 47 heavy (non-hydrogen) atoms. The number of benzene rings is 2. The van der Waals surface area contributed by atoms with Gasteiger partial charge in [-0.15, -0.1) is 0 Å². The lowest BCUT2D eigenvalue weighted by Crippen LogP contribution is -2.42. The Morgan fingerprint density at radius 1 is 0.936 bits per heavy atom. The Balaban J connectivity index is 1.28. The van der Waals surface area contributed by atoms with E-state index in [0.717, 1.165) is 47.1 Å². The monoisotopic (exact) mass is 633 g/mol. The van der Waals surface area contributed by atoms with Crippen LogP contribution in [0.2, 0.25) is 0 Å². The molecule has 3 aromatic heterocycles. The molecule has 5 aromatic rings. The number of anilines is 2. The maximum atomic E-state index is 13.5. The average Bonchev–Trinajstić information content (AvgIpc) is 3.46. The highest BCUT2D eigenvalue weighted by atomic mass is 16.2. The third kappa shape index (κ3) is 6.00. The minimum absolute atomic E-state index is 0.0420. The van der Waals surface area contributed by atoms with Crippen LogP contribution in [-0.4, -0.2) is 35.4 Å². The summed E-state index contributed by atoms with van der Waals surface area (Å²) in [7, 11) is 0. The fraction of sp³-hybridized carbons (Fsp3) is 0.333. The van der Waals surface area contributed by atoms with E-state index < -0.39 is 17.2 Å². The molecule has 1 amide bonds. The van der Waals surface area contributed by atoms with Gasteiger partial charge in [0.2, 0.25) is 0 Å². The van der Waals surface area contributed by atoms with Crippen LogP contribution in [0.25, 0.3) is 22.3 Å². The molecule has 242 valence electrons. The quantitative estimate of drug-likeness (QED) is 0.225. The number of nitrogen functional groups attached to an aromatic ring is 1. The summed E-state index contributed by atoms with van der Waals surface area (Å²) < 4.78 is 4.27. The number of nitrogens with zero attached hydrogens (tertiary/aromatic N) is 5. The Hall–Kier alpha value is -5.32. The van der Waals surface area contributed by atoms with Crippen molar-refractivity contribution in [1.82, 2.24) is 23.7 Å². The average molecular weight is 634 g/mol. The summed E-state index contributed by atoms with van der Waals surface area (Å²) in [6.45, 7) is 7.56. The van der Waals surface area contributed by atoms with Crippen LogP contribution >= 0.6 is 0 Å². The van der Waals surface area contributed by atoms with E-state index in [2.05, 4.69) is 21.5 Å². The molecule has 0 radical (unpaired) electrons. The van der Waals surface area contributed by atoms with Crippen molar-refractivity contribution in [2.45, 2.75) is 65.3 Å². The van der Waals surface area contributed by atoms with Crippen LogP contribution in [0.4, 0.5) is 11.5 Å². The van der Waals surface area contributed by atoms with Crippen LogP contribution in [0.5, 0.6) is 0 Å². The zero-order valence-electron chi connectivity index (χ0n) is 27.0. The van der Waals surface area contributed by atoms with Gasteiger partial charge in [-0.25, -0.2) is 18.9 Å². The molecule has 0 atom stereocenters. The Morgan fingerprint density at radius 3 is 2.26 bits per heavy atom. The highest BCUT2D eigenvalue weighted by molar-refractivity contribution is 6.04. The number of rotatable bonds is 8. The van der Waals surface area contributed by atoms with Crippen molar-refractivity contribution in [3.05, 3.63) is 105 Å².